The normalized spacial score (nSPS) is 12.0. The van der Waals surface area contributed by atoms with E-state index in [0.29, 0.717) is 21.2 Å². The molecule has 0 radical (unpaired) electrons. The number of rotatable bonds is 4. The minimum absolute atomic E-state index is 0.285. The standard InChI is InChI=1S/C14H17ClN2O2S2/c1-9-4-6-12(16)10(2)14(9)21(18,19)17(3)8-11-5-7-13(15)20-11/h4-7H,8,16H2,1-3H3. The number of nitrogens with two attached hydrogens (primary N) is 1. The molecule has 1 heterocycles. The number of nitrogens with zero attached hydrogens (tertiary/aromatic N) is 1. The topological polar surface area (TPSA) is 63.4 Å². The first-order valence-electron chi connectivity index (χ1n) is 6.29. The van der Waals surface area contributed by atoms with E-state index in [9.17, 15) is 8.42 Å². The second-order valence-electron chi connectivity index (χ2n) is 4.89. The van der Waals surface area contributed by atoms with Crippen LogP contribution in [0.3, 0.4) is 0 Å². The van der Waals surface area contributed by atoms with E-state index in [1.54, 1.807) is 39.1 Å². The number of thiophene rings is 1. The number of nitrogen functional groups attached to an aromatic ring is 1. The molecule has 2 rings (SSSR count). The van der Waals surface area contributed by atoms with Crippen LogP contribution in [0.2, 0.25) is 4.34 Å². The SMILES string of the molecule is Cc1ccc(N)c(C)c1S(=O)(=O)N(C)Cc1ccc(Cl)s1. The average molecular weight is 345 g/mol. The Morgan fingerprint density at radius 2 is 1.90 bits per heavy atom. The lowest BCUT2D eigenvalue weighted by Gasteiger charge is -2.20. The summed E-state index contributed by atoms with van der Waals surface area (Å²) >= 11 is 7.25. The molecular weight excluding hydrogens is 328 g/mol. The van der Waals surface area contributed by atoms with Gasteiger partial charge in [-0.2, -0.15) is 4.31 Å². The van der Waals surface area contributed by atoms with Crippen molar-refractivity contribution in [2.24, 2.45) is 0 Å². The predicted molar refractivity (Wildman–Crippen MR) is 88.3 cm³/mol. The molecule has 7 heteroatoms. The second kappa shape index (κ2) is 5.96. The third-order valence-corrected chi connectivity index (χ3v) is 6.63. The van der Waals surface area contributed by atoms with Gasteiger partial charge in [0, 0.05) is 24.2 Å². The van der Waals surface area contributed by atoms with Crippen LogP contribution in [0.4, 0.5) is 5.69 Å². The minimum Gasteiger partial charge on any atom is -0.398 e. The summed E-state index contributed by atoms with van der Waals surface area (Å²) in [4.78, 5) is 1.18. The first kappa shape index (κ1) is 16.3. The van der Waals surface area contributed by atoms with Crippen molar-refractivity contribution in [3.05, 3.63) is 44.6 Å². The average Bonchev–Trinajstić information content (AvgIpc) is 2.79. The van der Waals surface area contributed by atoms with Crippen molar-refractivity contribution in [1.82, 2.24) is 4.31 Å². The van der Waals surface area contributed by atoms with E-state index in [1.165, 1.54) is 15.6 Å². The highest BCUT2D eigenvalue weighted by atomic mass is 35.5. The van der Waals surface area contributed by atoms with Gasteiger partial charge in [-0.3, -0.25) is 0 Å². The van der Waals surface area contributed by atoms with E-state index in [4.69, 9.17) is 17.3 Å². The van der Waals surface area contributed by atoms with E-state index in [-0.39, 0.29) is 11.4 Å². The summed E-state index contributed by atoms with van der Waals surface area (Å²) in [5.41, 5.74) is 7.60. The molecule has 1 aromatic carbocycles. The summed E-state index contributed by atoms with van der Waals surface area (Å²) in [5, 5.41) is 0. The maximum atomic E-state index is 12.8. The molecule has 4 nitrogen and oxygen atoms in total. The third-order valence-electron chi connectivity index (χ3n) is 3.32. The Kier molecular flexibility index (Phi) is 4.63. The Labute approximate surface area is 134 Å². The molecule has 0 aliphatic rings. The quantitative estimate of drug-likeness (QED) is 0.864. The fourth-order valence-corrected chi connectivity index (χ4v) is 4.96. The molecule has 0 unspecified atom stereocenters. The van der Waals surface area contributed by atoms with Crippen LogP contribution in [0.1, 0.15) is 16.0 Å². The molecule has 0 saturated carbocycles. The summed E-state index contributed by atoms with van der Waals surface area (Å²) < 4.78 is 27.5. The van der Waals surface area contributed by atoms with Crippen LogP contribution in [-0.4, -0.2) is 19.8 Å². The molecule has 0 aliphatic carbocycles. The lowest BCUT2D eigenvalue weighted by atomic mass is 10.1. The van der Waals surface area contributed by atoms with Crippen molar-refractivity contribution < 1.29 is 8.42 Å². The van der Waals surface area contributed by atoms with Crippen LogP contribution < -0.4 is 5.73 Å². The number of hydrogen-bond donors (Lipinski definition) is 1. The van der Waals surface area contributed by atoms with Gasteiger partial charge in [0.05, 0.1) is 9.23 Å². The molecule has 0 atom stereocenters. The van der Waals surface area contributed by atoms with Crippen molar-refractivity contribution in [3.8, 4) is 0 Å². The highest BCUT2D eigenvalue weighted by Gasteiger charge is 2.26. The van der Waals surface area contributed by atoms with Crippen LogP contribution in [0.25, 0.3) is 0 Å². The smallest absolute Gasteiger partial charge is 0.243 e. The van der Waals surface area contributed by atoms with Crippen molar-refractivity contribution in [2.75, 3.05) is 12.8 Å². The van der Waals surface area contributed by atoms with Crippen LogP contribution in [0, 0.1) is 13.8 Å². The van der Waals surface area contributed by atoms with Gasteiger partial charge in [0.1, 0.15) is 0 Å². The van der Waals surface area contributed by atoms with Crippen molar-refractivity contribution in [3.63, 3.8) is 0 Å². The molecule has 1 aromatic heterocycles. The monoisotopic (exact) mass is 344 g/mol. The number of aryl methyl sites for hydroxylation is 1. The number of anilines is 1. The zero-order chi connectivity index (χ0) is 15.8. The van der Waals surface area contributed by atoms with E-state index < -0.39 is 10.0 Å². The number of halogens is 1. The van der Waals surface area contributed by atoms with Gasteiger partial charge in [0.2, 0.25) is 10.0 Å². The van der Waals surface area contributed by atoms with E-state index in [0.717, 1.165) is 4.88 Å². The van der Waals surface area contributed by atoms with Crippen LogP contribution in [0.15, 0.2) is 29.2 Å². The Morgan fingerprint density at radius 3 is 2.48 bits per heavy atom. The lowest BCUT2D eigenvalue weighted by molar-refractivity contribution is 0.469. The molecule has 114 valence electrons. The van der Waals surface area contributed by atoms with Gasteiger partial charge >= 0.3 is 0 Å². The van der Waals surface area contributed by atoms with Crippen LogP contribution in [0.5, 0.6) is 0 Å². The lowest BCUT2D eigenvalue weighted by Crippen LogP contribution is -2.27. The molecule has 0 saturated heterocycles. The highest BCUT2D eigenvalue weighted by Crippen LogP contribution is 2.29. The zero-order valence-electron chi connectivity index (χ0n) is 12.1. The maximum Gasteiger partial charge on any atom is 0.243 e. The summed E-state index contributed by atoms with van der Waals surface area (Å²) in [6.07, 6.45) is 0. The molecule has 2 aromatic rings. The van der Waals surface area contributed by atoms with Crippen molar-refractivity contribution in [2.45, 2.75) is 25.3 Å². The van der Waals surface area contributed by atoms with Crippen molar-refractivity contribution >= 4 is 38.6 Å². The Morgan fingerprint density at radius 1 is 1.24 bits per heavy atom. The first-order valence-corrected chi connectivity index (χ1v) is 8.93. The molecule has 0 fully saturated rings. The number of sulfonamides is 1. The number of hydrogen-bond acceptors (Lipinski definition) is 4. The minimum atomic E-state index is -3.59. The molecule has 0 amide bonds. The maximum absolute atomic E-state index is 12.8. The van der Waals surface area contributed by atoms with Gasteiger partial charge < -0.3 is 5.73 Å². The summed E-state index contributed by atoms with van der Waals surface area (Å²) in [6, 6.07) is 7.05. The van der Waals surface area contributed by atoms with E-state index in [2.05, 4.69) is 0 Å². The summed E-state index contributed by atoms with van der Waals surface area (Å²) in [5.74, 6) is 0. The Bertz CT molecular complexity index is 769. The van der Waals surface area contributed by atoms with Gasteiger partial charge in [0.15, 0.2) is 0 Å². The Hall–Kier alpha value is -1.08. The van der Waals surface area contributed by atoms with Crippen LogP contribution >= 0.6 is 22.9 Å². The van der Waals surface area contributed by atoms with Gasteiger partial charge in [-0.05, 0) is 43.2 Å². The molecule has 2 N–H and O–H groups in total. The molecular formula is C14H17ClN2O2S2. The fourth-order valence-electron chi connectivity index (χ4n) is 2.14. The molecule has 0 spiro atoms. The van der Waals surface area contributed by atoms with Gasteiger partial charge in [-0.25, -0.2) is 8.42 Å². The zero-order valence-corrected chi connectivity index (χ0v) is 14.4. The first-order chi connectivity index (χ1) is 9.73. The second-order valence-corrected chi connectivity index (χ2v) is 8.67. The summed E-state index contributed by atoms with van der Waals surface area (Å²) in [6.45, 7) is 3.79. The van der Waals surface area contributed by atoms with Crippen LogP contribution in [-0.2, 0) is 16.6 Å². The fraction of sp³-hybridized carbons (Fsp3) is 0.286. The van der Waals surface area contributed by atoms with E-state index >= 15 is 0 Å². The largest absolute Gasteiger partial charge is 0.398 e. The van der Waals surface area contributed by atoms with Gasteiger partial charge in [-0.15, -0.1) is 11.3 Å². The molecule has 0 aliphatic heterocycles. The predicted octanol–water partition coefficient (Wildman–Crippen LogP) is 3.42. The Balaban J connectivity index is 2.40. The van der Waals surface area contributed by atoms with E-state index in [1.807, 2.05) is 6.07 Å². The molecule has 0 bridgehead atoms. The highest BCUT2D eigenvalue weighted by molar-refractivity contribution is 7.89. The molecule has 21 heavy (non-hydrogen) atoms. The number of benzene rings is 1. The van der Waals surface area contributed by atoms with Gasteiger partial charge in [0.25, 0.3) is 0 Å². The van der Waals surface area contributed by atoms with Gasteiger partial charge in [-0.1, -0.05) is 17.7 Å². The third kappa shape index (κ3) is 3.23. The summed E-state index contributed by atoms with van der Waals surface area (Å²) in [7, 11) is -2.03. The van der Waals surface area contributed by atoms with Crippen molar-refractivity contribution in [1.29, 1.82) is 0 Å².